The summed E-state index contributed by atoms with van der Waals surface area (Å²) in [5, 5.41) is 10.7. The number of anilines is 1. The second-order valence-electron chi connectivity index (χ2n) is 5.37. The second-order valence-corrected chi connectivity index (χ2v) is 5.37. The van der Waals surface area contributed by atoms with Crippen molar-refractivity contribution in [1.82, 2.24) is 0 Å². The quantitative estimate of drug-likeness (QED) is 0.813. The van der Waals surface area contributed by atoms with Crippen LogP contribution in [0.4, 0.5) is 5.69 Å². The zero-order valence-corrected chi connectivity index (χ0v) is 10.3. The van der Waals surface area contributed by atoms with Gasteiger partial charge in [0.05, 0.1) is 18.2 Å². The van der Waals surface area contributed by atoms with E-state index >= 15 is 0 Å². The number of hydrogen-bond donors (Lipinski definition) is 1. The molecule has 4 nitrogen and oxygen atoms in total. The molecule has 1 aliphatic rings. The van der Waals surface area contributed by atoms with Gasteiger partial charge in [0.25, 0.3) is 5.91 Å². The van der Waals surface area contributed by atoms with Crippen LogP contribution < -0.4 is 5.06 Å². The minimum Gasteiger partial charge on any atom is -0.508 e. The average molecular weight is 235 g/mol. The lowest BCUT2D eigenvalue weighted by molar-refractivity contribution is -0.119. The standard InChI is InChI=1S/C13H17NO3/c1-13(2,3)11-8-12(16)14(17-11)9-5-4-6-10(15)7-9/h4-7,11,15H,8H2,1-3H3. The van der Waals surface area contributed by atoms with Gasteiger partial charge in [-0.15, -0.1) is 0 Å². The Bertz CT molecular complexity index is 437. The van der Waals surface area contributed by atoms with Gasteiger partial charge in [0.1, 0.15) is 5.75 Å². The Kier molecular flexibility index (Phi) is 2.83. The van der Waals surface area contributed by atoms with Crippen LogP contribution in [0, 0.1) is 5.41 Å². The van der Waals surface area contributed by atoms with E-state index in [1.807, 2.05) is 20.8 Å². The molecule has 1 aromatic carbocycles. The smallest absolute Gasteiger partial charge is 0.253 e. The van der Waals surface area contributed by atoms with Crippen LogP contribution in [0.25, 0.3) is 0 Å². The topological polar surface area (TPSA) is 49.8 Å². The number of carbonyl (C=O) groups is 1. The van der Waals surface area contributed by atoms with Crippen LogP contribution in [0.15, 0.2) is 24.3 Å². The Hall–Kier alpha value is -1.55. The molecule has 1 atom stereocenters. The van der Waals surface area contributed by atoms with E-state index in [0.29, 0.717) is 12.1 Å². The monoisotopic (exact) mass is 235 g/mol. The first-order valence-electron chi connectivity index (χ1n) is 5.67. The maximum Gasteiger partial charge on any atom is 0.253 e. The van der Waals surface area contributed by atoms with Crippen LogP contribution in [0.3, 0.4) is 0 Å². The van der Waals surface area contributed by atoms with E-state index in [1.165, 1.54) is 11.1 Å². The summed E-state index contributed by atoms with van der Waals surface area (Å²) in [6.07, 6.45) is 0.247. The molecule has 1 saturated heterocycles. The molecular formula is C13H17NO3. The number of benzene rings is 1. The summed E-state index contributed by atoms with van der Waals surface area (Å²) < 4.78 is 0. The largest absolute Gasteiger partial charge is 0.508 e. The van der Waals surface area contributed by atoms with Crippen molar-refractivity contribution in [1.29, 1.82) is 0 Å². The van der Waals surface area contributed by atoms with Gasteiger partial charge in [-0.1, -0.05) is 26.8 Å². The van der Waals surface area contributed by atoms with Crippen molar-refractivity contribution in [2.75, 3.05) is 5.06 Å². The van der Waals surface area contributed by atoms with Crippen LogP contribution in [-0.4, -0.2) is 17.1 Å². The van der Waals surface area contributed by atoms with E-state index in [-0.39, 0.29) is 23.2 Å². The van der Waals surface area contributed by atoms with Crippen molar-refractivity contribution in [2.45, 2.75) is 33.3 Å². The van der Waals surface area contributed by atoms with Crippen molar-refractivity contribution < 1.29 is 14.7 Å². The predicted octanol–water partition coefficient (Wildman–Crippen LogP) is 2.48. The normalized spacial score (nSPS) is 21.0. The highest BCUT2D eigenvalue weighted by molar-refractivity contribution is 5.93. The number of phenolic OH excluding ortho intramolecular Hbond substituents is 1. The molecule has 0 bridgehead atoms. The van der Waals surface area contributed by atoms with Gasteiger partial charge in [-0.2, -0.15) is 5.06 Å². The van der Waals surface area contributed by atoms with Crippen molar-refractivity contribution >= 4 is 11.6 Å². The molecular weight excluding hydrogens is 218 g/mol. The van der Waals surface area contributed by atoms with Crippen molar-refractivity contribution in [3.05, 3.63) is 24.3 Å². The van der Waals surface area contributed by atoms with E-state index in [1.54, 1.807) is 18.2 Å². The molecule has 1 amide bonds. The number of nitrogens with zero attached hydrogens (tertiary/aromatic N) is 1. The molecule has 2 rings (SSSR count). The van der Waals surface area contributed by atoms with E-state index in [4.69, 9.17) is 4.84 Å². The highest BCUT2D eigenvalue weighted by Crippen LogP contribution is 2.34. The fourth-order valence-electron chi connectivity index (χ4n) is 1.75. The van der Waals surface area contributed by atoms with Crippen LogP contribution >= 0.6 is 0 Å². The van der Waals surface area contributed by atoms with Crippen molar-refractivity contribution in [3.63, 3.8) is 0 Å². The summed E-state index contributed by atoms with van der Waals surface area (Å²) in [6.45, 7) is 6.12. The van der Waals surface area contributed by atoms with Gasteiger partial charge in [-0.3, -0.25) is 9.63 Å². The summed E-state index contributed by atoms with van der Waals surface area (Å²) in [7, 11) is 0. The molecule has 1 fully saturated rings. The molecule has 1 N–H and O–H groups in total. The van der Waals surface area contributed by atoms with Crippen LogP contribution in [0.2, 0.25) is 0 Å². The lowest BCUT2D eigenvalue weighted by Gasteiger charge is -2.25. The molecule has 17 heavy (non-hydrogen) atoms. The fourth-order valence-corrected chi connectivity index (χ4v) is 1.75. The highest BCUT2D eigenvalue weighted by Gasteiger charge is 2.39. The maximum absolute atomic E-state index is 11.9. The summed E-state index contributed by atoms with van der Waals surface area (Å²) in [4.78, 5) is 17.5. The summed E-state index contributed by atoms with van der Waals surface area (Å²) >= 11 is 0. The lowest BCUT2D eigenvalue weighted by Crippen LogP contribution is -2.28. The summed E-state index contributed by atoms with van der Waals surface area (Å²) in [6, 6.07) is 6.50. The first-order chi connectivity index (χ1) is 7.88. The molecule has 0 aromatic heterocycles. The summed E-state index contributed by atoms with van der Waals surface area (Å²) in [5.74, 6) is 0.0497. The van der Waals surface area contributed by atoms with E-state index in [2.05, 4.69) is 0 Å². The number of aromatic hydroxyl groups is 1. The Balaban J connectivity index is 2.22. The Morgan fingerprint density at radius 1 is 1.41 bits per heavy atom. The molecule has 1 aliphatic heterocycles. The third-order valence-electron chi connectivity index (χ3n) is 2.85. The third-order valence-corrected chi connectivity index (χ3v) is 2.85. The minimum atomic E-state index is -0.127. The minimum absolute atomic E-state index is 0.0736. The zero-order chi connectivity index (χ0) is 12.6. The highest BCUT2D eigenvalue weighted by atomic mass is 16.7. The van der Waals surface area contributed by atoms with Gasteiger partial charge in [-0.05, 0) is 17.5 Å². The lowest BCUT2D eigenvalue weighted by atomic mass is 9.87. The number of hydroxylamine groups is 1. The first-order valence-corrected chi connectivity index (χ1v) is 5.67. The fraction of sp³-hybridized carbons (Fsp3) is 0.462. The molecule has 0 saturated carbocycles. The molecule has 1 heterocycles. The third kappa shape index (κ3) is 2.42. The number of phenols is 1. The van der Waals surface area contributed by atoms with E-state index in [0.717, 1.165) is 0 Å². The molecule has 4 heteroatoms. The first kappa shape index (κ1) is 11.9. The van der Waals surface area contributed by atoms with Crippen LogP contribution in [0.1, 0.15) is 27.2 Å². The second kappa shape index (κ2) is 4.04. The Morgan fingerprint density at radius 2 is 2.12 bits per heavy atom. The van der Waals surface area contributed by atoms with Crippen molar-refractivity contribution in [2.24, 2.45) is 5.41 Å². The van der Waals surface area contributed by atoms with Gasteiger partial charge in [-0.25, -0.2) is 0 Å². The average Bonchev–Trinajstić information content (AvgIpc) is 2.60. The maximum atomic E-state index is 11.9. The molecule has 0 aliphatic carbocycles. The van der Waals surface area contributed by atoms with Gasteiger partial charge < -0.3 is 5.11 Å². The number of rotatable bonds is 1. The number of hydrogen-bond acceptors (Lipinski definition) is 3. The van der Waals surface area contributed by atoms with Gasteiger partial charge >= 0.3 is 0 Å². The van der Waals surface area contributed by atoms with Crippen molar-refractivity contribution in [3.8, 4) is 5.75 Å². The molecule has 0 spiro atoms. The van der Waals surface area contributed by atoms with Gasteiger partial charge in [0.15, 0.2) is 0 Å². The Labute approximate surface area is 101 Å². The Morgan fingerprint density at radius 3 is 2.65 bits per heavy atom. The SMILES string of the molecule is CC(C)(C)C1CC(=O)N(c2cccc(O)c2)O1. The zero-order valence-electron chi connectivity index (χ0n) is 10.3. The molecule has 0 radical (unpaired) electrons. The molecule has 1 unspecified atom stereocenters. The van der Waals surface area contributed by atoms with E-state index in [9.17, 15) is 9.90 Å². The molecule has 1 aromatic rings. The van der Waals surface area contributed by atoms with Crippen LogP contribution in [-0.2, 0) is 9.63 Å². The summed E-state index contributed by atoms with van der Waals surface area (Å²) in [5.41, 5.74) is 0.489. The number of amides is 1. The number of carbonyl (C=O) groups excluding carboxylic acids is 1. The van der Waals surface area contributed by atoms with Gasteiger partial charge in [0.2, 0.25) is 0 Å². The predicted molar refractivity (Wildman–Crippen MR) is 64.5 cm³/mol. The van der Waals surface area contributed by atoms with E-state index < -0.39 is 0 Å². The van der Waals surface area contributed by atoms with Gasteiger partial charge in [0, 0.05) is 6.07 Å². The van der Waals surface area contributed by atoms with Crippen LogP contribution in [0.5, 0.6) is 5.75 Å². The molecule has 92 valence electrons.